The lowest BCUT2D eigenvalue weighted by molar-refractivity contribution is -0.386. The number of aromatic nitrogens is 1. The standard InChI is InChI=1S/C13H19N3O3/c1-9-6-14-12(10(2)13(9)16(18)19)7-15-5-3-4-11(15)8-17/h6,11,17H,3-5,7-8H2,1-2H3/t11-/m1/s1. The zero-order chi connectivity index (χ0) is 14.0. The molecule has 1 aliphatic heterocycles. The molecule has 1 N–H and O–H groups in total. The highest BCUT2D eigenvalue weighted by Crippen LogP contribution is 2.26. The van der Waals surface area contributed by atoms with Crippen LogP contribution in [-0.2, 0) is 6.54 Å². The highest BCUT2D eigenvalue weighted by molar-refractivity contribution is 5.47. The molecule has 1 aromatic rings. The van der Waals surface area contributed by atoms with E-state index in [1.165, 1.54) is 0 Å². The highest BCUT2D eigenvalue weighted by Gasteiger charge is 2.26. The molecule has 6 nitrogen and oxygen atoms in total. The van der Waals surface area contributed by atoms with E-state index in [1.807, 2.05) is 0 Å². The van der Waals surface area contributed by atoms with Crippen molar-refractivity contribution in [1.82, 2.24) is 9.88 Å². The molecule has 1 aliphatic rings. The van der Waals surface area contributed by atoms with Crippen molar-refractivity contribution in [2.75, 3.05) is 13.2 Å². The maximum absolute atomic E-state index is 11.1. The van der Waals surface area contributed by atoms with Gasteiger partial charge in [0.15, 0.2) is 0 Å². The highest BCUT2D eigenvalue weighted by atomic mass is 16.6. The molecule has 0 unspecified atom stereocenters. The lowest BCUT2D eigenvalue weighted by Gasteiger charge is -2.22. The lowest BCUT2D eigenvalue weighted by atomic mass is 10.1. The number of pyridine rings is 1. The summed E-state index contributed by atoms with van der Waals surface area (Å²) in [5.41, 5.74) is 2.11. The number of nitrogens with zero attached hydrogens (tertiary/aromatic N) is 3. The van der Waals surface area contributed by atoms with Gasteiger partial charge in [-0.2, -0.15) is 0 Å². The zero-order valence-electron chi connectivity index (χ0n) is 11.3. The minimum absolute atomic E-state index is 0.132. The third-order valence-electron chi connectivity index (χ3n) is 3.82. The van der Waals surface area contributed by atoms with Crippen LogP contribution in [0.15, 0.2) is 6.20 Å². The van der Waals surface area contributed by atoms with Crippen LogP contribution in [0, 0.1) is 24.0 Å². The number of hydrogen-bond donors (Lipinski definition) is 1. The fourth-order valence-corrected chi connectivity index (χ4v) is 2.71. The molecular formula is C13H19N3O3. The summed E-state index contributed by atoms with van der Waals surface area (Å²) in [7, 11) is 0. The molecule has 0 amide bonds. The number of aliphatic hydroxyl groups excluding tert-OH is 1. The Labute approximate surface area is 112 Å². The van der Waals surface area contributed by atoms with Gasteiger partial charge < -0.3 is 5.11 Å². The van der Waals surface area contributed by atoms with Gasteiger partial charge in [0.2, 0.25) is 0 Å². The second kappa shape index (κ2) is 5.63. The molecule has 0 bridgehead atoms. The maximum Gasteiger partial charge on any atom is 0.278 e. The molecule has 6 heteroatoms. The van der Waals surface area contributed by atoms with E-state index in [9.17, 15) is 15.2 Å². The molecule has 1 atom stereocenters. The van der Waals surface area contributed by atoms with E-state index in [1.54, 1.807) is 20.0 Å². The van der Waals surface area contributed by atoms with Crippen LogP contribution in [0.5, 0.6) is 0 Å². The van der Waals surface area contributed by atoms with Gasteiger partial charge in [-0.1, -0.05) is 0 Å². The Bertz CT molecular complexity index is 490. The maximum atomic E-state index is 11.1. The van der Waals surface area contributed by atoms with E-state index in [0.717, 1.165) is 25.1 Å². The summed E-state index contributed by atoms with van der Waals surface area (Å²) in [5.74, 6) is 0. The molecule has 0 aliphatic carbocycles. The Kier molecular flexibility index (Phi) is 4.11. The quantitative estimate of drug-likeness (QED) is 0.660. The largest absolute Gasteiger partial charge is 0.395 e. The first-order valence-electron chi connectivity index (χ1n) is 6.49. The van der Waals surface area contributed by atoms with Crippen molar-refractivity contribution in [2.45, 2.75) is 39.3 Å². The first kappa shape index (κ1) is 13.9. The van der Waals surface area contributed by atoms with E-state index in [-0.39, 0.29) is 23.3 Å². The number of likely N-dealkylation sites (tertiary alicyclic amines) is 1. The Morgan fingerprint density at radius 1 is 1.58 bits per heavy atom. The van der Waals surface area contributed by atoms with Gasteiger partial charge in [0.05, 0.1) is 17.2 Å². The van der Waals surface area contributed by atoms with Gasteiger partial charge in [-0.25, -0.2) is 0 Å². The van der Waals surface area contributed by atoms with Crippen LogP contribution in [0.1, 0.15) is 29.7 Å². The fourth-order valence-electron chi connectivity index (χ4n) is 2.71. The normalized spacial score (nSPS) is 19.8. The van der Waals surface area contributed by atoms with Crippen LogP contribution in [0.4, 0.5) is 5.69 Å². The SMILES string of the molecule is Cc1cnc(CN2CCC[C@@H]2CO)c(C)c1[N+](=O)[O-]. The third kappa shape index (κ3) is 2.74. The van der Waals surface area contributed by atoms with Crippen LogP contribution in [0.25, 0.3) is 0 Å². The molecule has 2 rings (SSSR count). The summed E-state index contributed by atoms with van der Waals surface area (Å²) in [6, 6.07) is 0.154. The summed E-state index contributed by atoms with van der Waals surface area (Å²) < 4.78 is 0. The minimum Gasteiger partial charge on any atom is -0.395 e. The Morgan fingerprint density at radius 2 is 2.32 bits per heavy atom. The van der Waals surface area contributed by atoms with Crippen molar-refractivity contribution in [3.63, 3.8) is 0 Å². The van der Waals surface area contributed by atoms with Crippen LogP contribution in [0.2, 0.25) is 0 Å². The van der Waals surface area contributed by atoms with Crippen molar-refractivity contribution in [3.05, 3.63) is 33.1 Å². The van der Waals surface area contributed by atoms with E-state index in [0.29, 0.717) is 17.7 Å². The second-order valence-electron chi connectivity index (χ2n) is 5.07. The predicted molar refractivity (Wildman–Crippen MR) is 70.9 cm³/mol. The molecule has 19 heavy (non-hydrogen) atoms. The Morgan fingerprint density at radius 3 is 2.95 bits per heavy atom. The van der Waals surface area contributed by atoms with E-state index < -0.39 is 0 Å². The molecule has 1 saturated heterocycles. The summed E-state index contributed by atoms with van der Waals surface area (Å²) in [5, 5.41) is 20.4. The van der Waals surface area contributed by atoms with Crippen LogP contribution >= 0.6 is 0 Å². The minimum atomic E-state index is -0.344. The van der Waals surface area contributed by atoms with Crippen LogP contribution in [-0.4, -0.2) is 39.1 Å². The molecule has 1 fully saturated rings. The lowest BCUT2D eigenvalue weighted by Crippen LogP contribution is -2.32. The molecule has 104 valence electrons. The van der Waals surface area contributed by atoms with Crippen molar-refractivity contribution in [3.8, 4) is 0 Å². The Hall–Kier alpha value is -1.53. The van der Waals surface area contributed by atoms with Gasteiger partial charge in [0, 0.05) is 29.9 Å². The van der Waals surface area contributed by atoms with E-state index in [4.69, 9.17) is 0 Å². The predicted octanol–water partition coefficient (Wildman–Crippen LogP) is 1.56. The molecule has 1 aromatic heterocycles. The molecule has 0 radical (unpaired) electrons. The van der Waals surface area contributed by atoms with Gasteiger partial charge in [-0.3, -0.25) is 20.0 Å². The zero-order valence-corrected chi connectivity index (χ0v) is 11.3. The summed E-state index contributed by atoms with van der Waals surface area (Å²) in [4.78, 5) is 17.2. The average Bonchev–Trinajstić information content (AvgIpc) is 2.79. The fraction of sp³-hybridized carbons (Fsp3) is 0.615. The second-order valence-corrected chi connectivity index (χ2v) is 5.07. The number of aliphatic hydroxyl groups is 1. The van der Waals surface area contributed by atoms with Gasteiger partial charge in [-0.05, 0) is 33.2 Å². The van der Waals surface area contributed by atoms with Crippen molar-refractivity contribution in [2.24, 2.45) is 0 Å². The topological polar surface area (TPSA) is 79.5 Å². The molecule has 0 spiro atoms. The van der Waals surface area contributed by atoms with Gasteiger partial charge in [0.25, 0.3) is 5.69 Å². The smallest absolute Gasteiger partial charge is 0.278 e. The molecular weight excluding hydrogens is 246 g/mol. The van der Waals surface area contributed by atoms with E-state index >= 15 is 0 Å². The summed E-state index contributed by atoms with van der Waals surface area (Å²) in [6.45, 7) is 5.06. The number of nitro groups is 1. The summed E-state index contributed by atoms with van der Waals surface area (Å²) >= 11 is 0. The van der Waals surface area contributed by atoms with Crippen molar-refractivity contribution >= 4 is 5.69 Å². The van der Waals surface area contributed by atoms with Gasteiger partial charge in [0.1, 0.15) is 0 Å². The number of rotatable bonds is 4. The molecule has 0 saturated carbocycles. The molecule has 2 heterocycles. The average molecular weight is 265 g/mol. The Balaban J connectivity index is 2.26. The van der Waals surface area contributed by atoms with Gasteiger partial charge >= 0.3 is 0 Å². The first-order chi connectivity index (χ1) is 9.04. The van der Waals surface area contributed by atoms with E-state index in [2.05, 4.69) is 9.88 Å². The monoisotopic (exact) mass is 265 g/mol. The van der Waals surface area contributed by atoms with Crippen molar-refractivity contribution < 1.29 is 10.0 Å². The molecule has 0 aromatic carbocycles. The number of aryl methyl sites for hydroxylation is 1. The summed E-state index contributed by atoms with van der Waals surface area (Å²) in [6.07, 6.45) is 3.59. The third-order valence-corrected chi connectivity index (χ3v) is 3.82. The van der Waals surface area contributed by atoms with Crippen molar-refractivity contribution in [1.29, 1.82) is 0 Å². The first-order valence-corrected chi connectivity index (χ1v) is 6.49. The van der Waals surface area contributed by atoms with Gasteiger partial charge in [-0.15, -0.1) is 0 Å². The number of hydrogen-bond acceptors (Lipinski definition) is 5. The van der Waals surface area contributed by atoms with Crippen LogP contribution < -0.4 is 0 Å². The van der Waals surface area contributed by atoms with Crippen LogP contribution in [0.3, 0.4) is 0 Å².